The van der Waals surface area contributed by atoms with Crippen molar-refractivity contribution in [2.24, 2.45) is 0 Å². The van der Waals surface area contributed by atoms with E-state index in [2.05, 4.69) is 31.2 Å². The molecule has 0 aliphatic rings. The first kappa shape index (κ1) is 16.5. The molecule has 5 N–H and O–H groups in total. The molecule has 24 heavy (non-hydrogen) atoms. The Bertz CT molecular complexity index is 947. The predicted octanol–water partition coefficient (Wildman–Crippen LogP) is 3.39. The number of nitrogens with one attached hydrogen (secondary N) is 1. The van der Waals surface area contributed by atoms with Gasteiger partial charge in [-0.05, 0) is 29.8 Å². The summed E-state index contributed by atoms with van der Waals surface area (Å²) < 4.78 is 0.916. The maximum absolute atomic E-state index is 12.3. The van der Waals surface area contributed by atoms with Gasteiger partial charge in [0.2, 0.25) is 11.9 Å². The fourth-order valence-corrected chi connectivity index (χ4v) is 3.10. The van der Waals surface area contributed by atoms with Crippen LogP contribution in [-0.2, 0) is 11.2 Å². The number of amides is 1. The highest BCUT2D eigenvalue weighted by Gasteiger charge is 2.13. The van der Waals surface area contributed by atoms with E-state index in [0.29, 0.717) is 16.6 Å². The molecule has 0 unspecified atom stereocenters. The molecular weight excluding hydrogens is 394 g/mol. The Morgan fingerprint density at radius 2 is 2.00 bits per heavy atom. The fourth-order valence-electron chi connectivity index (χ4n) is 2.35. The van der Waals surface area contributed by atoms with Gasteiger partial charge in [0.15, 0.2) is 0 Å². The van der Waals surface area contributed by atoms with Gasteiger partial charge in [-0.3, -0.25) is 4.79 Å². The van der Waals surface area contributed by atoms with Gasteiger partial charge in [0.25, 0.3) is 0 Å². The second-order valence-corrected chi connectivity index (χ2v) is 6.44. The maximum atomic E-state index is 12.3. The molecule has 6 nitrogen and oxygen atoms in total. The Labute approximate surface area is 151 Å². The highest BCUT2D eigenvalue weighted by atomic mass is 79.9. The summed E-state index contributed by atoms with van der Waals surface area (Å²) in [6.07, 6.45) is 0.224. The first-order valence-corrected chi connectivity index (χ1v) is 8.16. The van der Waals surface area contributed by atoms with E-state index in [9.17, 15) is 4.79 Å². The fraction of sp³-hybridized carbons (Fsp3) is 0.0625. The number of fused-ring (bicyclic) bond motifs is 1. The van der Waals surface area contributed by atoms with Crippen molar-refractivity contribution in [3.63, 3.8) is 0 Å². The molecule has 1 aromatic heterocycles. The summed E-state index contributed by atoms with van der Waals surface area (Å²) in [7, 11) is 0. The molecule has 3 rings (SSSR count). The Kier molecular flexibility index (Phi) is 4.55. The normalized spacial score (nSPS) is 10.8. The van der Waals surface area contributed by atoms with Crippen LogP contribution in [0.4, 0.5) is 17.5 Å². The van der Waals surface area contributed by atoms with Gasteiger partial charge < -0.3 is 16.8 Å². The number of benzene rings is 2. The third-order valence-corrected chi connectivity index (χ3v) is 4.26. The number of carbonyl (C=O) groups is 1. The van der Waals surface area contributed by atoms with Gasteiger partial charge >= 0.3 is 0 Å². The number of aromatic nitrogens is 2. The molecule has 1 heterocycles. The Morgan fingerprint density at radius 1 is 1.21 bits per heavy atom. The van der Waals surface area contributed by atoms with E-state index in [1.54, 1.807) is 12.1 Å². The van der Waals surface area contributed by atoms with Crippen LogP contribution in [0.5, 0.6) is 0 Å². The Balaban J connectivity index is 1.87. The minimum atomic E-state index is -0.190. The van der Waals surface area contributed by atoms with Gasteiger partial charge in [-0.2, -0.15) is 4.98 Å². The summed E-state index contributed by atoms with van der Waals surface area (Å²) in [4.78, 5) is 20.2. The van der Waals surface area contributed by atoms with E-state index >= 15 is 0 Å². The van der Waals surface area contributed by atoms with Gasteiger partial charge in [-0.15, -0.1) is 0 Å². The zero-order valence-electron chi connectivity index (χ0n) is 12.4. The number of anilines is 3. The molecular formula is C16H13BrClN5O. The third-order valence-electron chi connectivity index (χ3n) is 3.37. The third kappa shape index (κ3) is 3.42. The second kappa shape index (κ2) is 6.62. The largest absolute Gasteiger partial charge is 0.383 e. The standard InChI is InChI=1S/C16H13BrClN5O/c17-9-3-1-2-8(6-9)7-12(24)21-11-5-4-10-13(14(11)18)15(19)23-16(20)22-10/h1-6H,7H2,(H,21,24)(H4,19,20,22,23). The van der Waals surface area contributed by atoms with Crippen LogP contribution in [0, 0.1) is 0 Å². The number of nitrogens with zero attached hydrogens (tertiary/aromatic N) is 2. The van der Waals surface area contributed by atoms with Crippen LogP contribution < -0.4 is 16.8 Å². The van der Waals surface area contributed by atoms with Crippen molar-refractivity contribution >= 4 is 61.8 Å². The molecule has 0 atom stereocenters. The van der Waals surface area contributed by atoms with Crippen LogP contribution in [0.1, 0.15) is 5.56 Å². The van der Waals surface area contributed by atoms with E-state index in [1.165, 1.54) is 0 Å². The van der Waals surface area contributed by atoms with Crippen molar-refractivity contribution in [2.45, 2.75) is 6.42 Å². The van der Waals surface area contributed by atoms with Crippen LogP contribution in [0.2, 0.25) is 5.02 Å². The molecule has 0 bridgehead atoms. The van der Waals surface area contributed by atoms with Gasteiger partial charge in [-0.25, -0.2) is 4.98 Å². The van der Waals surface area contributed by atoms with E-state index in [0.717, 1.165) is 10.0 Å². The van der Waals surface area contributed by atoms with Crippen molar-refractivity contribution in [1.29, 1.82) is 0 Å². The maximum Gasteiger partial charge on any atom is 0.228 e. The number of nitrogens with two attached hydrogens (primary N) is 2. The van der Waals surface area contributed by atoms with Gasteiger partial charge in [-0.1, -0.05) is 39.7 Å². The van der Waals surface area contributed by atoms with Gasteiger partial charge in [0, 0.05) is 4.47 Å². The molecule has 8 heteroatoms. The number of nitrogen functional groups attached to an aromatic ring is 2. The predicted molar refractivity (Wildman–Crippen MR) is 99.8 cm³/mol. The van der Waals surface area contributed by atoms with Crippen LogP contribution >= 0.6 is 27.5 Å². The van der Waals surface area contributed by atoms with Crippen molar-refractivity contribution in [2.75, 3.05) is 16.8 Å². The van der Waals surface area contributed by atoms with E-state index in [1.807, 2.05) is 24.3 Å². The van der Waals surface area contributed by atoms with Crippen LogP contribution in [0.3, 0.4) is 0 Å². The van der Waals surface area contributed by atoms with Crippen molar-refractivity contribution < 1.29 is 4.79 Å². The van der Waals surface area contributed by atoms with Crippen LogP contribution in [0.15, 0.2) is 40.9 Å². The first-order valence-electron chi connectivity index (χ1n) is 6.99. The lowest BCUT2D eigenvalue weighted by atomic mass is 10.1. The highest BCUT2D eigenvalue weighted by Crippen LogP contribution is 2.33. The monoisotopic (exact) mass is 405 g/mol. The molecule has 122 valence electrons. The average Bonchev–Trinajstić information content (AvgIpc) is 2.49. The number of hydrogen-bond acceptors (Lipinski definition) is 5. The first-order chi connectivity index (χ1) is 11.4. The van der Waals surface area contributed by atoms with Gasteiger partial charge in [0.05, 0.1) is 28.0 Å². The van der Waals surface area contributed by atoms with Crippen LogP contribution in [0.25, 0.3) is 10.9 Å². The molecule has 0 aliphatic heterocycles. The number of rotatable bonds is 3. The minimum Gasteiger partial charge on any atom is -0.383 e. The van der Waals surface area contributed by atoms with E-state index < -0.39 is 0 Å². The lowest BCUT2D eigenvalue weighted by molar-refractivity contribution is -0.115. The molecule has 0 fully saturated rings. The minimum absolute atomic E-state index is 0.0718. The topological polar surface area (TPSA) is 107 Å². The van der Waals surface area contributed by atoms with Crippen LogP contribution in [-0.4, -0.2) is 15.9 Å². The molecule has 0 saturated carbocycles. The van der Waals surface area contributed by atoms with Crippen molar-refractivity contribution in [1.82, 2.24) is 9.97 Å². The Hall–Kier alpha value is -2.38. The summed E-state index contributed by atoms with van der Waals surface area (Å²) >= 11 is 9.73. The number of hydrogen-bond donors (Lipinski definition) is 3. The summed E-state index contributed by atoms with van der Waals surface area (Å²) in [5, 5.41) is 3.53. The molecule has 0 saturated heterocycles. The molecule has 0 spiro atoms. The lowest BCUT2D eigenvalue weighted by Gasteiger charge is -2.11. The number of halogens is 2. The molecule has 0 radical (unpaired) electrons. The Morgan fingerprint density at radius 3 is 2.75 bits per heavy atom. The van der Waals surface area contributed by atoms with E-state index in [4.69, 9.17) is 23.1 Å². The van der Waals surface area contributed by atoms with Crippen molar-refractivity contribution in [3.05, 3.63) is 51.5 Å². The summed E-state index contributed by atoms with van der Waals surface area (Å²) in [5.74, 6) is 0.0531. The molecule has 1 amide bonds. The lowest BCUT2D eigenvalue weighted by Crippen LogP contribution is -2.15. The zero-order valence-corrected chi connectivity index (χ0v) is 14.7. The highest BCUT2D eigenvalue weighted by molar-refractivity contribution is 9.10. The molecule has 2 aromatic carbocycles. The summed E-state index contributed by atoms with van der Waals surface area (Å²) in [6, 6.07) is 10.9. The van der Waals surface area contributed by atoms with E-state index in [-0.39, 0.29) is 29.1 Å². The summed E-state index contributed by atoms with van der Waals surface area (Å²) in [5.41, 5.74) is 13.3. The zero-order chi connectivity index (χ0) is 17.3. The van der Waals surface area contributed by atoms with Gasteiger partial charge in [0.1, 0.15) is 5.82 Å². The molecule has 3 aromatic rings. The quantitative estimate of drug-likeness (QED) is 0.618. The molecule has 0 aliphatic carbocycles. The second-order valence-electron chi connectivity index (χ2n) is 5.14. The smallest absolute Gasteiger partial charge is 0.228 e. The average molecular weight is 407 g/mol. The number of carbonyl (C=O) groups excluding carboxylic acids is 1. The SMILES string of the molecule is Nc1nc(N)c2c(Cl)c(NC(=O)Cc3cccc(Br)c3)ccc2n1. The summed E-state index contributed by atoms with van der Waals surface area (Å²) in [6.45, 7) is 0. The van der Waals surface area contributed by atoms with Crippen molar-refractivity contribution in [3.8, 4) is 0 Å².